The third kappa shape index (κ3) is 2.82. The molecule has 0 saturated heterocycles. The maximum atomic E-state index is 10.7. The van der Waals surface area contributed by atoms with Crippen LogP contribution in [-0.2, 0) is 4.79 Å². The van der Waals surface area contributed by atoms with E-state index in [-0.39, 0.29) is 5.78 Å². The average molecular weight is 244 g/mol. The molecule has 0 radical (unpaired) electrons. The summed E-state index contributed by atoms with van der Waals surface area (Å²) in [5, 5.41) is 0. The van der Waals surface area contributed by atoms with Gasteiger partial charge in [-0.15, -0.1) is 0 Å². The highest BCUT2D eigenvalue weighted by Crippen LogP contribution is 2.26. The van der Waals surface area contributed by atoms with E-state index in [1.807, 2.05) is 6.92 Å². The molecule has 0 aromatic heterocycles. The molecule has 0 rings (SSSR count). The van der Waals surface area contributed by atoms with Crippen LogP contribution in [0.5, 0.6) is 0 Å². The first-order valence-corrected chi connectivity index (χ1v) is 3.98. The van der Waals surface area contributed by atoms with Crippen molar-refractivity contribution < 1.29 is 4.79 Å². The Morgan fingerprint density at radius 1 is 1.62 bits per heavy atom. The molecule has 0 N–H and O–H groups in total. The van der Waals surface area contributed by atoms with Gasteiger partial charge in [-0.3, -0.25) is 4.79 Å². The number of rotatable bonds is 2. The van der Waals surface area contributed by atoms with E-state index in [0.717, 1.165) is 0 Å². The van der Waals surface area contributed by atoms with Gasteiger partial charge in [-0.05, 0) is 6.92 Å². The number of halogens is 2. The van der Waals surface area contributed by atoms with Crippen molar-refractivity contribution in [3.05, 3.63) is 0 Å². The van der Waals surface area contributed by atoms with Crippen LogP contribution in [0.1, 0.15) is 20.3 Å². The van der Waals surface area contributed by atoms with E-state index >= 15 is 0 Å². The molecule has 0 saturated carbocycles. The third-order valence-electron chi connectivity index (χ3n) is 0.811. The minimum Gasteiger partial charge on any atom is -0.297 e. The maximum absolute atomic E-state index is 10.7. The number of Topliss-reactive ketones (excluding diaryl/α,β-unsaturated/α-hetero) is 1. The monoisotopic (exact) mass is 242 g/mol. The zero-order chi connectivity index (χ0) is 6.78. The van der Waals surface area contributed by atoms with Gasteiger partial charge in [0.05, 0.1) is 0 Å². The topological polar surface area (TPSA) is 17.1 Å². The van der Waals surface area contributed by atoms with Gasteiger partial charge in [-0.1, -0.05) is 38.8 Å². The zero-order valence-corrected chi connectivity index (χ0v) is 8.04. The second-order valence-corrected chi connectivity index (χ2v) is 5.90. The van der Waals surface area contributed by atoms with E-state index in [0.29, 0.717) is 6.42 Å². The molecule has 0 aromatic rings. The largest absolute Gasteiger partial charge is 0.297 e. The summed E-state index contributed by atoms with van der Waals surface area (Å²) < 4.78 is -0.505. The second kappa shape index (κ2) is 2.97. The first-order chi connectivity index (χ1) is 3.48. The summed E-state index contributed by atoms with van der Waals surface area (Å²) in [6.45, 7) is 3.61. The molecule has 0 aliphatic heterocycles. The van der Waals surface area contributed by atoms with Crippen molar-refractivity contribution in [2.24, 2.45) is 0 Å². The van der Waals surface area contributed by atoms with Crippen molar-refractivity contribution in [3.8, 4) is 0 Å². The second-order valence-electron chi connectivity index (χ2n) is 1.67. The minimum absolute atomic E-state index is 0.164. The van der Waals surface area contributed by atoms with E-state index in [1.54, 1.807) is 6.92 Å². The highest BCUT2D eigenvalue weighted by atomic mass is 79.9. The molecule has 0 fully saturated rings. The molecular formula is C5H8Br2O. The van der Waals surface area contributed by atoms with Crippen molar-refractivity contribution in [1.82, 2.24) is 0 Å². The van der Waals surface area contributed by atoms with Crippen molar-refractivity contribution >= 4 is 37.6 Å². The van der Waals surface area contributed by atoms with Crippen molar-refractivity contribution in [2.75, 3.05) is 0 Å². The minimum atomic E-state index is -0.505. The summed E-state index contributed by atoms with van der Waals surface area (Å²) in [7, 11) is 0. The molecule has 0 aliphatic carbocycles. The molecule has 3 heteroatoms. The molecular weight excluding hydrogens is 236 g/mol. The summed E-state index contributed by atoms with van der Waals surface area (Å²) in [6, 6.07) is 0. The Labute approximate surface area is 66.1 Å². The molecule has 0 bridgehead atoms. The summed E-state index contributed by atoms with van der Waals surface area (Å²) >= 11 is 6.34. The smallest absolute Gasteiger partial charge is 0.159 e. The van der Waals surface area contributed by atoms with Gasteiger partial charge in [0.25, 0.3) is 0 Å². The van der Waals surface area contributed by atoms with E-state index in [2.05, 4.69) is 31.9 Å². The fourth-order valence-corrected chi connectivity index (χ4v) is 0.871. The van der Waals surface area contributed by atoms with Gasteiger partial charge in [0, 0.05) is 6.42 Å². The Morgan fingerprint density at radius 3 is 2.00 bits per heavy atom. The molecule has 0 spiro atoms. The van der Waals surface area contributed by atoms with Crippen LogP contribution in [0.15, 0.2) is 0 Å². The highest BCUT2D eigenvalue weighted by molar-refractivity contribution is 9.25. The Hall–Kier alpha value is 0.630. The summed E-state index contributed by atoms with van der Waals surface area (Å²) in [5.74, 6) is 0.164. The molecule has 48 valence electrons. The summed E-state index contributed by atoms with van der Waals surface area (Å²) in [6.07, 6.45) is 0.562. The number of hydrogen-bond donors (Lipinski definition) is 0. The van der Waals surface area contributed by atoms with E-state index in [1.165, 1.54) is 0 Å². The van der Waals surface area contributed by atoms with E-state index in [4.69, 9.17) is 0 Å². The fraction of sp³-hybridized carbons (Fsp3) is 0.800. The molecule has 0 atom stereocenters. The number of carbonyl (C=O) groups is 1. The molecule has 0 aliphatic rings. The van der Waals surface area contributed by atoms with Crippen LogP contribution in [0.2, 0.25) is 0 Å². The number of hydrogen-bond acceptors (Lipinski definition) is 1. The van der Waals surface area contributed by atoms with Gasteiger partial charge >= 0.3 is 0 Å². The van der Waals surface area contributed by atoms with Crippen molar-refractivity contribution in [3.63, 3.8) is 0 Å². The van der Waals surface area contributed by atoms with Gasteiger partial charge in [0.15, 0.2) is 5.78 Å². The number of ketones is 1. The van der Waals surface area contributed by atoms with Gasteiger partial charge in [-0.2, -0.15) is 0 Å². The quantitative estimate of drug-likeness (QED) is 0.682. The Balaban J connectivity index is 3.82. The Morgan fingerprint density at radius 2 is 2.00 bits per heavy atom. The van der Waals surface area contributed by atoms with E-state index < -0.39 is 3.23 Å². The molecule has 1 nitrogen and oxygen atoms in total. The lowest BCUT2D eigenvalue weighted by Gasteiger charge is -2.09. The summed E-state index contributed by atoms with van der Waals surface area (Å²) in [5.41, 5.74) is 0. The Bertz CT molecular complexity index is 93.1. The van der Waals surface area contributed by atoms with Crippen LogP contribution in [-0.4, -0.2) is 9.02 Å². The Kier molecular flexibility index (Phi) is 3.20. The standard InChI is InChI=1S/C5H8Br2O/c1-3-4(8)5(2,6)7/h3H2,1-2H3. The van der Waals surface area contributed by atoms with Crippen LogP contribution in [0.3, 0.4) is 0 Å². The highest BCUT2D eigenvalue weighted by Gasteiger charge is 2.23. The lowest BCUT2D eigenvalue weighted by molar-refractivity contribution is -0.118. The van der Waals surface area contributed by atoms with Crippen LogP contribution < -0.4 is 0 Å². The first-order valence-electron chi connectivity index (χ1n) is 2.39. The SMILES string of the molecule is CCC(=O)C(C)(Br)Br. The number of carbonyl (C=O) groups excluding carboxylic acids is 1. The van der Waals surface area contributed by atoms with Crippen LogP contribution in [0, 0.1) is 0 Å². The van der Waals surface area contributed by atoms with Gasteiger partial charge in [0.1, 0.15) is 3.23 Å². The van der Waals surface area contributed by atoms with Crippen LogP contribution in [0.25, 0.3) is 0 Å². The molecule has 0 aromatic carbocycles. The summed E-state index contributed by atoms with van der Waals surface area (Å²) in [4.78, 5) is 10.7. The predicted molar refractivity (Wildman–Crippen MR) is 41.6 cm³/mol. The zero-order valence-electron chi connectivity index (χ0n) is 4.87. The molecule has 0 amide bonds. The maximum Gasteiger partial charge on any atom is 0.159 e. The first kappa shape index (κ1) is 8.63. The lowest BCUT2D eigenvalue weighted by atomic mass is 10.2. The van der Waals surface area contributed by atoms with Gasteiger partial charge in [-0.25, -0.2) is 0 Å². The van der Waals surface area contributed by atoms with E-state index in [9.17, 15) is 4.79 Å². The van der Waals surface area contributed by atoms with Crippen LogP contribution in [0.4, 0.5) is 0 Å². The fourth-order valence-electron chi connectivity index (χ4n) is 0.310. The van der Waals surface area contributed by atoms with Gasteiger partial charge < -0.3 is 0 Å². The van der Waals surface area contributed by atoms with Crippen LogP contribution >= 0.6 is 31.9 Å². The van der Waals surface area contributed by atoms with Gasteiger partial charge in [0.2, 0.25) is 0 Å². The predicted octanol–water partition coefficient (Wildman–Crippen LogP) is 2.47. The van der Waals surface area contributed by atoms with Crippen molar-refractivity contribution in [2.45, 2.75) is 23.5 Å². The molecule has 8 heavy (non-hydrogen) atoms. The normalized spacial score (nSPS) is 11.5. The average Bonchev–Trinajstić information content (AvgIpc) is 1.62. The van der Waals surface area contributed by atoms with Crippen molar-refractivity contribution in [1.29, 1.82) is 0 Å². The number of alkyl halides is 2. The lowest BCUT2D eigenvalue weighted by Crippen LogP contribution is -2.18. The third-order valence-corrected chi connectivity index (χ3v) is 1.70. The molecule has 0 heterocycles. The molecule has 0 unspecified atom stereocenters.